The van der Waals surface area contributed by atoms with Crippen molar-refractivity contribution in [3.63, 3.8) is 0 Å². The topological polar surface area (TPSA) is 55.2 Å². The van der Waals surface area contributed by atoms with Gasteiger partial charge in [-0.15, -0.1) is 0 Å². The summed E-state index contributed by atoms with van der Waals surface area (Å²) in [6.45, 7) is 0. The number of nitro groups is 1. The minimum absolute atomic E-state index is 0.0803. The van der Waals surface area contributed by atoms with Crippen LogP contribution in [0.25, 0.3) is 0 Å². The molecule has 1 aliphatic carbocycles. The van der Waals surface area contributed by atoms with Gasteiger partial charge < -0.3 is 5.32 Å². The highest BCUT2D eigenvalue weighted by molar-refractivity contribution is 9.10. The van der Waals surface area contributed by atoms with Gasteiger partial charge in [0.15, 0.2) is 0 Å². The molecule has 2 aromatic carbocycles. The molecular weight excluding hydrogens is 356 g/mol. The molecule has 0 saturated carbocycles. The molecule has 0 radical (unpaired) electrons. The number of para-hydroxylation sites is 1. The molecule has 0 aromatic heterocycles. The van der Waals surface area contributed by atoms with Crippen LogP contribution in [0.4, 0.5) is 11.4 Å². The van der Waals surface area contributed by atoms with Gasteiger partial charge in [-0.25, -0.2) is 0 Å². The van der Waals surface area contributed by atoms with Crippen LogP contribution in [0.3, 0.4) is 0 Å². The molecule has 0 amide bonds. The lowest BCUT2D eigenvalue weighted by atomic mass is 9.77. The second-order valence-electron chi connectivity index (χ2n) is 6.03. The summed E-state index contributed by atoms with van der Waals surface area (Å²) in [4.78, 5) is 11.1. The number of fused-ring (bicyclic) bond motifs is 3. The van der Waals surface area contributed by atoms with Gasteiger partial charge in [0.25, 0.3) is 5.69 Å². The fourth-order valence-corrected chi connectivity index (χ4v) is 4.02. The van der Waals surface area contributed by atoms with Crippen LogP contribution in [0.2, 0.25) is 0 Å². The Morgan fingerprint density at radius 2 is 1.96 bits per heavy atom. The van der Waals surface area contributed by atoms with E-state index in [1.807, 2.05) is 18.2 Å². The van der Waals surface area contributed by atoms with Crippen molar-refractivity contribution in [2.24, 2.45) is 5.92 Å². The standard InChI is InChI=1S/C18H15BrN2O2/c19-12-9-7-11(8-10-12)17-14-4-1-3-13(14)15-5-2-6-16(21(22)23)18(15)20-17/h1-3,5-10,13-14,17,20H,4H2/t13-,14-,17-/m1/s1. The van der Waals surface area contributed by atoms with Crippen molar-refractivity contribution in [3.8, 4) is 0 Å². The van der Waals surface area contributed by atoms with E-state index in [9.17, 15) is 10.1 Å². The molecule has 0 saturated heterocycles. The summed E-state index contributed by atoms with van der Waals surface area (Å²) in [7, 11) is 0. The zero-order chi connectivity index (χ0) is 16.0. The predicted octanol–water partition coefficient (Wildman–Crippen LogP) is 5.18. The Bertz CT molecular complexity index is 801. The lowest BCUT2D eigenvalue weighted by Gasteiger charge is -2.37. The normalized spacial score (nSPS) is 24.7. The number of halogens is 1. The highest BCUT2D eigenvalue weighted by Gasteiger charge is 2.40. The Hall–Kier alpha value is -2.14. The molecule has 23 heavy (non-hydrogen) atoms. The average Bonchev–Trinajstić information content (AvgIpc) is 3.04. The second-order valence-corrected chi connectivity index (χ2v) is 6.94. The summed E-state index contributed by atoms with van der Waals surface area (Å²) in [5, 5.41) is 14.9. The summed E-state index contributed by atoms with van der Waals surface area (Å²) < 4.78 is 1.03. The van der Waals surface area contributed by atoms with Gasteiger partial charge in [0, 0.05) is 16.5 Å². The van der Waals surface area contributed by atoms with Gasteiger partial charge in [0.2, 0.25) is 0 Å². The molecular formula is C18H15BrN2O2. The summed E-state index contributed by atoms with van der Waals surface area (Å²) in [6.07, 6.45) is 5.37. The first kappa shape index (κ1) is 14.5. The van der Waals surface area contributed by atoms with E-state index < -0.39 is 0 Å². The first-order chi connectivity index (χ1) is 11.1. The molecule has 0 fully saturated rings. The molecule has 0 bridgehead atoms. The highest BCUT2D eigenvalue weighted by Crippen LogP contribution is 2.51. The largest absolute Gasteiger partial charge is 0.372 e. The zero-order valence-electron chi connectivity index (χ0n) is 12.3. The highest BCUT2D eigenvalue weighted by atomic mass is 79.9. The fourth-order valence-electron chi connectivity index (χ4n) is 3.76. The lowest BCUT2D eigenvalue weighted by molar-refractivity contribution is -0.384. The van der Waals surface area contributed by atoms with Crippen LogP contribution in [0, 0.1) is 16.0 Å². The summed E-state index contributed by atoms with van der Waals surface area (Å²) >= 11 is 3.46. The molecule has 5 heteroatoms. The van der Waals surface area contributed by atoms with Crippen molar-refractivity contribution < 1.29 is 4.92 Å². The van der Waals surface area contributed by atoms with Crippen molar-refractivity contribution >= 4 is 27.3 Å². The molecule has 1 N–H and O–H groups in total. The molecule has 2 aliphatic rings. The van der Waals surface area contributed by atoms with Crippen LogP contribution < -0.4 is 5.32 Å². The number of hydrogen-bond acceptors (Lipinski definition) is 3. The summed E-state index contributed by atoms with van der Waals surface area (Å²) in [5.74, 6) is 0.630. The third-order valence-corrected chi connectivity index (χ3v) is 5.33. The van der Waals surface area contributed by atoms with Gasteiger partial charge in [0.1, 0.15) is 5.69 Å². The molecule has 1 heterocycles. The van der Waals surface area contributed by atoms with Gasteiger partial charge >= 0.3 is 0 Å². The quantitative estimate of drug-likeness (QED) is 0.449. The number of rotatable bonds is 2. The molecule has 4 rings (SSSR count). The van der Waals surface area contributed by atoms with Crippen LogP contribution in [0.15, 0.2) is 59.1 Å². The second kappa shape index (κ2) is 5.49. The van der Waals surface area contributed by atoms with E-state index >= 15 is 0 Å². The fraction of sp³-hybridized carbons (Fsp3) is 0.222. The lowest BCUT2D eigenvalue weighted by Crippen LogP contribution is -2.29. The minimum Gasteiger partial charge on any atom is -0.372 e. The van der Waals surface area contributed by atoms with E-state index in [0.717, 1.165) is 22.0 Å². The Balaban J connectivity index is 1.83. The van der Waals surface area contributed by atoms with Crippen molar-refractivity contribution in [1.82, 2.24) is 0 Å². The zero-order valence-corrected chi connectivity index (χ0v) is 13.9. The molecule has 116 valence electrons. The van der Waals surface area contributed by atoms with Crippen molar-refractivity contribution in [2.75, 3.05) is 5.32 Å². The maximum absolute atomic E-state index is 11.4. The smallest absolute Gasteiger partial charge is 0.292 e. The minimum atomic E-state index is -0.302. The van der Waals surface area contributed by atoms with Gasteiger partial charge in [-0.2, -0.15) is 0 Å². The Morgan fingerprint density at radius 1 is 1.17 bits per heavy atom. The Morgan fingerprint density at radius 3 is 2.70 bits per heavy atom. The van der Waals surface area contributed by atoms with E-state index in [4.69, 9.17) is 0 Å². The molecule has 0 spiro atoms. The molecule has 1 aliphatic heterocycles. The Kier molecular flexibility index (Phi) is 3.45. The Labute approximate surface area is 142 Å². The third kappa shape index (κ3) is 2.36. The van der Waals surface area contributed by atoms with E-state index in [0.29, 0.717) is 11.6 Å². The molecule has 0 unspecified atom stereocenters. The number of nitrogens with zero attached hydrogens (tertiary/aromatic N) is 1. The van der Waals surface area contributed by atoms with E-state index in [-0.39, 0.29) is 22.6 Å². The van der Waals surface area contributed by atoms with Crippen LogP contribution in [-0.2, 0) is 0 Å². The van der Waals surface area contributed by atoms with E-state index in [1.165, 1.54) is 0 Å². The third-order valence-electron chi connectivity index (χ3n) is 4.80. The maximum Gasteiger partial charge on any atom is 0.292 e. The first-order valence-corrected chi connectivity index (χ1v) is 8.40. The maximum atomic E-state index is 11.4. The summed E-state index contributed by atoms with van der Waals surface area (Å²) in [5.41, 5.74) is 3.02. The molecule has 4 nitrogen and oxygen atoms in total. The van der Waals surface area contributed by atoms with E-state index in [2.05, 4.69) is 45.5 Å². The number of nitro benzene ring substituents is 1. The SMILES string of the molecule is O=[N+]([O-])c1cccc2c1N[C@H](c1ccc(Br)cc1)[C@@H]1CC=C[C@@H]21. The van der Waals surface area contributed by atoms with Gasteiger partial charge in [-0.3, -0.25) is 10.1 Å². The number of benzene rings is 2. The van der Waals surface area contributed by atoms with Crippen molar-refractivity contribution in [2.45, 2.75) is 18.4 Å². The average molecular weight is 371 g/mol. The summed E-state index contributed by atoms with van der Waals surface area (Å²) in [6, 6.07) is 13.6. The van der Waals surface area contributed by atoms with Crippen LogP contribution >= 0.6 is 15.9 Å². The van der Waals surface area contributed by atoms with Crippen LogP contribution in [-0.4, -0.2) is 4.92 Å². The van der Waals surface area contributed by atoms with Gasteiger partial charge in [0.05, 0.1) is 11.0 Å². The van der Waals surface area contributed by atoms with Crippen LogP contribution in [0.1, 0.15) is 29.5 Å². The van der Waals surface area contributed by atoms with E-state index in [1.54, 1.807) is 12.1 Å². The predicted molar refractivity (Wildman–Crippen MR) is 93.6 cm³/mol. The number of anilines is 1. The number of allylic oxidation sites excluding steroid dienone is 2. The van der Waals surface area contributed by atoms with Gasteiger partial charge in [-0.05, 0) is 35.6 Å². The van der Waals surface area contributed by atoms with Crippen LogP contribution in [0.5, 0.6) is 0 Å². The van der Waals surface area contributed by atoms with Crippen molar-refractivity contribution in [3.05, 3.63) is 80.3 Å². The first-order valence-electron chi connectivity index (χ1n) is 7.61. The molecule has 3 atom stereocenters. The number of nitrogens with one attached hydrogen (secondary N) is 1. The number of hydrogen-bond donors (Lipinski definition) is 1. The molecule has 2 aromatic rings. The van der Waals surface area contributed by atoms with Crippen molar-refractivity contribution in [1.29, 1.82) is 0 Å². The van der Waals surface area contributed by atoms with Gasteiger partial charge in [-0.1, -0.05) is 52.3 Å². The monoisotopic (exact) mass is 370 g/mol.